The summed E-state index contributed by atoms with van der Waals surface area (Å²) in [6.07, 6.45) is 12.2. The molecule has 0 amide bonds. The molecule has 11 heteroatoms. The third-order valence-corrected chi connectivity index (χ3v) is 8.99. The summed E-state index contributed by atoms with van der Waals surface area (Å²) in [4.78, 5) is 44.3. The first kappa shape index (κ1) is 33.3. The number of aromatic amines is 2. The minimum atomic E-state index is -0.316. The molecule has 0 atom stereocenters. The van der Waals surface area contributed by atoms with Crippen molar-refractivity contribution in [2.24, 2.45) is 7.05 Å². The number of rotatable bonds is 6. The molecule has 4 heterocycles. The second-order valence-corrected chi connectivity index (χ2v) is 12.5. The van der Waals surface area contributed by atoms with Gasteiger partial charge in [0.2, 0.25) is 0 Å². The van der Waals surface area contributed by atoms with Crippen LogP contribution in [-0.2, 0) is 16.5 Å². The van der Waals surface area contributed by atoms with Crippen molar-refractivity contribution in [1.29, 1.82) is 0 Å². The van der Waals surface area contributed by atoms with Crippen molar-refractivity contribution in [3.63, 3.8) is 0 Å². The number of carbonyl (C=O) groups is 2. The normalized spacial score (nSPS) is 13.9. The largest absolute Gasteiger partial charge is 1.00 e. The third kappa shape index (κ3) is 6.55. The number of pyridine rings is 2. The van der Waals surface area contributed by atoms with Crippen LogP contribution in [0.25, 0.3) is 44.8 Å². The van der Waals surface area contributed by atoms with Crippen molar-refractivity contribution in [1.82, 2.24) is 24.9 Å². The Labute approximate surface area is 295 Å². The summed E-state index contributed by atoms with van der Waals surface area (Å²) in [7, 11) is 4.80. The van der Waals surface area contributed by atoms with Gasteiger partial charge in [0.15, 0.2) is 12.4 Å². The molecule has 2 aliphatic carbocycles. The molecule has 2 aromatic carbocycles. The number of aryl methyl sites for hydroxylation is 3. The number of methoxy groups -OCH3 is 2. The summed E-state index contributed by atoms with van der Waals surface area (Å²) in [5.74, 6) is 2.09. The lowest BCUT2D eigenvalue weighted by molar-refractivity contribution is -0.670. The van der Waals surface area contributed by atoms with Gasteiger partial charge in [-0.3, -0.25) is 4.98 Å². The van der Waals surface area contributed by atoms with Crippen LogP contribution in [0.1, 0.15) is 80.5 Å². The molecule has 6 aromatic rings. The summed E-state index contributed by atoms with van der Waals surface area (Å²) in [5, 5.41) is 0. The van der Waals surface area contributed by atoms with E-state index in [4.69, 9.17) is 14.5 Å². The van der Waals surface area contributed by atoms with Crippen LogP contribution in [0.2, 0.25) is 0 Å². The first-order chi connectivity index (χ1) is 22.7. The zero-order chi connectivity index (χ0) is 32.8. The van der Waals surface area contributed by atoms with E-state index in [1.165, 1.54) is 51.0 Å². The average molecular weight is 757 g/mol. The van der Waals surface area contributed by atoms with E-state index in [1.807, 2.05) is 62.1 Å². The van der Waals surface area contributed by atoms with Crippen molar-refractivity contribution in [3.05, 3.63) is 94.6 Å². The molecular weight excluding hydrogens is 719 g/mol. The second-order valence-electron chi connectivity index (χ2n) is 12.5. The molecular formula is C37H37IN6O4. The molecule has 0 bridgehead atoms. The van der Waals surface area contributed by atoms with Gasteiger partial charge in [-0.15, -0.1) is 0 Å². The summed E-state index contributed by atoms with van der Waals surface area (Å²) >= 11 is 0. The molecule has 2 aliphatic rings. The minimum absolute atomic E-state index is 0. The second kappa shape index (κ2) is 13.5. The Kier molecular flexibility index (Phi) is 9.33. The van der Waals surface area contributed by atoms with E-state index in [1.54, 1.807) is 12.4 Å². The number of aromatic nitrogens is 6. The highest BCUT2D eigenvalue weighted by Gasteiger charge is 2.30. The van der Waals surface area contributed by atoms with Crippen molar-refractivity contribution >= 4 is 34.0 Å². The number of nitrogens with zero attached hydrogens (tertiary/aromatic N) is 4. The van der Waals surface area contributed by atoms with Crippen LogP contribution < -0.4 is 28.5 Å². The van der Waals surface area contributed by atoms with Gasteiger partial charge in [-0.05, 0) is 91.8 Å². The molecule has 0 radical (unpaired) electrons. The molecule has 2 fully saturated rings. The Hall–Kier alpha value is -4.65. The maximum atomic E-state index is 12.1. The molecule has 246 valence electrons. The fourth-order valence-corrected chi connectivity index (χ4v) is 6.17. The van der Waals surface area contributed by atoms with E-state index in [9.17, 15) is 9.59 Å². The molecule has 0 spiro atoms. The summed E-state index contributed by atoms with van der Waals surface area (Å²) in [5.41, 5.74) is 11.3. The van der Waals surface area contributed by atoms with Crippen molar-refractivity contribution < 1.29 is 47.6 Å². The first-order valence-electron chi connectivity index (χ1n) is 15.8. The highest BCUT2D eigenvalue weighted by Crippen LogP contribution is 2.46. The van der Waals surface area contributed by atoms with E-state index < -0.39 is 0 Å². The predicted molar refractivity (Wildman–Crippen MR) is 178 cm³/mol. The fourth-order valence-electron chi connectivity index (χ4n) is 6.17. The number of hydrogen-bond donors (Lipinski definition) is 2. The maximum Gasteiger partial charge on any atom is 0.338 e. The standard InChI is InChI=1S/C19H19N3O2.C18H17N3O2.HI/c1-11-8-14(12-4-5-12)15(9-13(11)19(23)24-3)18-20-16-6-7-22(2)10-17(16)21-18;1-10-7-13(11-3-4-11)14(8-12(10)18(22)23-2)17-20-15-5-6-19-9-16(15)21-17;/h6-10,12H,4-5H2,1-3H3;5-9,11H,3-4H2,1-2H3,(H,20,21);1H. The van der Waals surface area contributed by atoms with Gasteiger partial charge in [0.25, 0.3) is 0 Å². The zero-order valence-electron chi connectivity index (χ0n) is 27.6. The quantitative estimate of drug-likeness (QED) is 0.151. The minimum Gasteiger partial charge on any atom is -1.00 e. The molecule has 2 N–H and O–H groups in total. The lowest BCUT2D eigenvalue weighted by Gasteiger charge is -2.12. The van der Waals surface area contributed by atoms with E-state index in [0.29, 0.717) is 23.0 Å². The van der Waals surface area contributed by atoms with Gasteiger partial charge in [-0.2, -0.15) is 0 Å². The van der Waals surface area contributed by atoms with Crippen LogP contribution in [0.5, 0.6) is 0 Å². The number of H-pyrrole nitrogens is 2. The summed E-state index contributed by atoms with van der Waals surface area (Å²) in [6, 6.07) is 11.9. The Morgan fingerprint density at radius 1 is 0.771 bits per heavy atom. The van der Waals surface area contributed by atoms with E-state index in [0.717, 1.165) is 56.0 Å². The zero-order valence-corrected chi connectivity index (χ0v) is 29.7. The van der Waals surface area contributed by atoms with Crippen LogP contribution in [0.4, 0.5) is 0 Å². The smallest absolute Gasteiger partial charge is 0.338 e. The monoisotopic (exact) mass is 756 g/mol. The van der Waals surface area contributed by atoms with Crippen LogP contribution in [0, 0.1) is 13.8 Å². The predicted octanol–water partition coefficient (Wildman–Crippen LogP) is 3.63. The summed E-state index contributed by atoms with van der Waals surface area (Å²) < 4.78 is 11.8. The number of hydrogen-bond acceptors (Lipinski definition) is 7. The van der Waals surface area contributed by atoms with E-state index in [-0.39, 0.29) is 35.9 Å². The molecule has 10 nitrogen and oxygen atoms in total. The van der Waals surface area contributed by atoms with Crippen molar-refractivity contribution in [3.8, 4) is 22.8 Å². The lowest BCUT2D eigenvalue weighted by Crippen LogP contribution is -3.00. The SMILES string of the molecule is COC(=O)c1cc(-c2nc3cc[n+](C)cc3[nH]2)c(C2CC2)cc1C.COC(=O)c1cc(-c2nc3ccncc3[nH]2)c(C2CC2)cc1C.[I-]. The average Bonchev–Trinajstić information content (AvgIpc) is 4.01. The molecule has 8 rings (SSSR count). The Balaban J connectivity index is 0.000000164. The number of fused-ring (bicyclic) bond motifs is 2. The molecule has 48 heavy (non-hydrogen) atoms. The molecule has 0 saturated heterocycles. The van der Waals surface area contributed by atoms with Crippen molar-refractivity contribution in [2.75, 3.05) is 14.2 Å². The van der Waals surface area contributed by atoms with E-state index in [2.05, 4.69) is 32.1 Å². The number of esters is 2. The molecule has 0 aliphatic heterocycles. The highest BCUT2D eigenvalue weighted by atomic mass is 127. The Morgan fingerprint density at radius 2 is 1.27 bits per heavy atom. The summed E-state index contributed by atoms with van der Waals surface area (Å²) in [6.45, 7) is 3.91. The first-order valence-corrected chi connectivity index (χ1v) is 15.8. The van der Waals surface area contributed by atoms with Gasteiger partial charge >= 0.3 is 11.9 Å². The lowest BCUT2D eigenvalue weighted by atomic mass is 9.95. The van der Waals surface area contributed by atoms with Gasteiger partial charge in [-0.1, -0.05) is 12.1 Å². The number of halogens is 1. The van der Waals surface area contributed by atoms with Crippen LogP contribution in [0.15, 0.2) is 61.2 Å². The van der Waals surface area contributed by atoms with Gasteiger partial charge in [-0.25, -0.2) is 24.1 Å². The van der Waals surface area contributed by atoms with Crippen molar-refractivity contribution in [2.45, 2.75) is 51.4 Å². The van der Waals surface area contributed by atoms with Gasteiger partial charge in [0.1, 0.15) is 29.7 Å². The van der Waals surface area contributed by atoms with Gasteiger partial charge in [0, 0.05) is 23.4 Å². The number of imidazole rings is 2. The number of carbonyl (C=O) groups excluding carboxylic acids is 2. The molecule has 0 unspecified atom stereocenters. The van der Waals surface area contributed by atoms with E-state index >= 15 is 0 Å². The van der Waals surface area contributed by atoms with Crippen LogP contribution in [0.3, 0.4) is 0 Å². The Morgan fingerprint density at radius 3 is 1.75 bits per heavy atom. The topological polar surface area (TPSA) is 127 Å². The van der Waals surface area contributed by atoms with Crippen LogP contribution in [-0.4, -0.2) is 51.1 Å². The molecule has 4 aromatic heterocycles. The maximum absolute atomic E-state index is 12.1. The third-order valence-electron chi connectivity index (χ3n) is 8.99. The van der Waals surface area contributed by atoms with Gasteiger partial charge < -0.3 is 43.4 Å². The number of ether oxygens (including phenoxy) is 2. The highest BCUT2D eigenvalue weighted by molar-refractivity contribution is 5.94. The van der Waals surface area contributed by atoms with Gasteiger partial charge in [0.05, 0.1) is 42.6 Å². The fraction of sp³-hybridized carbons (Fsp3) is 0.297. The number of benzene rings is 2. The van der Waals surface area contributed by atoms with Crippen LogP contribution >= 0.6 is 0 Å². The Bertz CT molecular complexity index is 2150. The molecule has 2 saturated carbocycles. The number of nitrogens with one attached hydrogen (secondary N) is 2.